The maximum absolute atomic E-state index is 12.6. The summed E-state index contributed by atoms with van der Waals surface area (Å²) in [5, 5.41) is 0.398. The van der Waals surface area contributed by atoms with Gasteiger partial charge in [-0.15, -0.1) is 0 Å². The average molecular weight is 382 g/mol. The molecule has 0 aliphatic carbocycles. The van der Waals surface area contributed by atoms with E-state index < -0.39 is 0 Å². The third kappa shape index (κ3) is 2.96. The van der Waals surface area contributed by atoms with E-state index in [2.05, 4.69) is 20.9 Å². The highest BCUT2D eigenvalue weighted by atomic mass is 79.9. The highest BCUT2D eigenvalue weighted by Gasteiger charge is 2.26. The van der Waals surface area contributed by atoms with Crippen LogP contribution >= 0.6 is 27.5 Å². The number of benzene rings is 1. The number of hydrogen-bond acceptors (Lipinski definition) is 3. The van der Waals surface area contributed by atoms with Gasteiger partial charge < -0.3 is 9.64 Å². The number of aromatic nitrogens is 1. The maximum Gasteiger partial charge on any atom is 0.256 e. The molecule has 0 fully saturated rings. The summed E-state index contributed by atoms with van der Waals surface area (Å²) >= 11 is 9.32. The molecule has 0 spiro atoms. The molecule has 2 heterocycles. The van der Waals surface area contributed by atoms with Crippen molar-refractivity contribution >= 4 is 33.4 Å². The van der Waals surface area contributed by atoms with Crippen LogP contribution in [0.25, 0.3) is 0 Å². The Hall–Kier alpha value is -1.59. The summed E-state index contributed by atoms with van der Waals surface area (Å²) in [6, 6.07) is 9.49. The van der Waals surface area contributed by atoms with Crippen molar-refractivity contribution in [2.45, 2.75) is 13.0 Å². The summed E-state index contributed by atoms with van der Waals surface area (Å²) in [6.07, 6.45) is 0.713. The molecule has 6 heteroatoms. The normalized spacial score (nSPS) is 14.0. The number of hydrogen-bond donors (Lipinski definition) is 0. The molecule has 1 aromatic heterocycles. The molecule has 1 aliphatic rings. The molecule has 114 valence electrons. The second kappa shape index (κ2) is 6.26. The molecule has 0 unspecified atom stereocenters. The van der Waals surface area contributed by atoms with E-state index in [9.17, 15) is 4.79 Å². The van der Waals surface area contributed by atoms with Crippen molar-refractivity contribution in [2.24, 2.45) is 0 Å². The summed E-state index contributed by atoms with van der Waals surface area (Å²) in [7, 11) is 1.64. The van der Waals surface area contributed by atoms with Crippen molar-refractivity contribution in [3.63, 3.8) is 0 Å². The van der Waals surface area contributed by atoms with Gasteiger partial charge in [0.15, 0.2) is 0 Å². The minimum absolute atomic E-state index is 0.0121. The molecule has 0 N–H and O–H groups in total. The van der Waals surface area contributed by atoms with E-state index >= 15 is 0 Å². The van der Waals surface area contributed by atoms with E-state index in [1.54, 1.807) is 13.2 Å². The maximum atomic E-state index is 12.6. The summed E-state index contributed by atoms with van der Waals surface area (Å²) in [4.78, 5) is 18.7. The van der Waals surface area contributed by atoms with Crippen LogP contribution in [0.3, 0.4) is 0 Å². The molecule has 2 aromatic rings. The van der Waals surface area contributed by atoms with Gasteiger partial charge in [0.25, 0.3) is 5.91 Å². The van der Waals surface area contributed by atoms with Crippen LogP contribution in [0.4, 0.5) is 0 Å². The molecule has 1 amide bonds. The van der Waals surface area contributed by atoms with Gasteiger partial charge in [0.1, 0.15) is 10.9 Å². The van der Waals surface area contributed by atoms with E-state index in [0.717, 1.165) is 17.0 Å². The summed E-state index contributed by atoms with van der Waals surface area (Å²) in [6.45, 7) is 1.21. The minimum Gasteiger partial charge on any atom is -0.497 e. The van der Waals surface area contributed by atoms with E-state index in [4.69, 9.17) is 16.3 Å². The van der Waals surface area contributed by atoms with Crippen molar-refractivity contribution in [3.05, 3.63) is 56.8 Å². The van der Waals surface area contributed by atoms with Gasteiger partial charge in [-0.1, -0.05) is 23.7 Å². The number of pyridine rings is 1. The van der Waals surface area contributed by atoms with Gasteiger partial charge in [0.2, 0.25) is 0 Å². The van der Waals surface area contributed by atoms with Crippen molar-refractivity contribution in [1.82, 2.24) is 9.88 Å². The molecule has 4 nitrogen and oxygen atoms in total. The van der Waals surface area contributed by atoms with Gasteiger partial charge in [0, 0.05) is 19.5 Å². The van der Waals surface area contributed by atoms with E-state index in [-0.39, 0.29) is 5.91 Å². The smallest absolute Gasteiger partial charge is 0.256 e. The summed E-state index contributed by atoms with van der Waals surface area (Å²) < 4.78 is 5.79. The largest absolute Gasteiger partial charge is 0.497 e. The Labute approximate surface area is 142 Å². The molecule has 0 saturated heterocycles. The average Bonchev–Trinajstić information content (AvgIpc) is 2.53. The number of rotatable bonds is 3. The molecule has 1 aromatic carbocycles. The molecule has 0 bridgehead atoms. The number of methoxy groups -OCH3 is 1. The van der Waals surface area contributed by atoms with E-state index in [1.165, 1.54) is 0 Å². The zero-order valence-electron chi connectivity index (χ0n) is 12.0. The van der Waals surface area contributed by atoms with E-state index in [1.807, 2.05) is 29.2 Å². The predicted octanol–water partition coefficient (Wildman–Crippen LogP) is 3.70. The second-order valence-corrected chi connectivity index (χ2v) is 6.29. The zero-order valence-corrected chi connectivity index (χ0v) is 14.3. The fourth-order valence-electron chi connectivity index (χ4n) is 2.49. The van der Waals surface area contributed by atoms with Crippen molar-refractivity contribution in [2.75, 3.05) is 13.7 Å². The standard InChI is InChI=1S/C16H14BrClN2O2/c1-22-11-4-2-10(3-5-11)9-20-7-6-14-12(16(20)21)8-13(17)15(18)19-14/h2-5,8H,6-7,9H2,1H3. The molecule has 1 aliphatic heterocycles. The molecule has 0 radical (unpaired) electrons. The Morgan fingerprint density at radius 1 is 1.36 bits per heavy atom. The van der Waals surface area contributed by atoms with Gasteiger partial charge in [-0.25, -0.2) is 4.98 Å². The lowest BCUT2D eigenvalue weighted by atomic mass is 10.0. The van der Waals surface area contributed by atoms with Crippen molar-refractivity contribution < 1.29 is 9.53 Å². The lowest BCUT2D eigenvalue weighted by molar-refractivity contribution is 0.0725. The Morgan fingerprint density at radius 3 is 2.77 bits per heavy atom. The van der Waals surface area contributed by atoms with Gasteiger partial charge in [0.05, 0.1) is 22.8 Å². The zero-order chi connectivity index (χ0) is 15.7. The van der Waals surface area contributed by atoms with Crippen LogP contribution < -0.4 is 4.74 Å². The van der Waals surface area contributed by atoms with Gasteiger partial charge in [-0.05, 0) is 39.7 Å². The number of ether oxygens (including phenoxy) is 1. The number of nitrogens with zero attached hydrogens (tertiary/aromatic N) is 2. The number of amides is 1. The Morgan fingerprint density at radius 2 is 2.09 bits per heavy atom. The fraction of sp³-hybridized carbons (Fsp3) is 0.250. The first kappa shape index (κ1) is 15.3. The second-order valence-electron chi connectivity index (χ2n) is 5.08. The first-order valence-corrected chi connectivity index (χ1v) is 8.02. The topological polar surface area (TPSA) is 42.4 Å². The Bertz CT molecular complexity index is 719. The van der Waals surface area contributed by atoms with Gasteiger partial charge in [-0.2, -0.15) is 0 Å². The number of fused-ring (bicyclic) bond motifs is 1. The number of carbonyl (C=O) groups is 1. The van der Waals surface area contributed by atoms with Crippen LogP contribution in [-0.2, 0) is 13.0 Å². The van der Waals surface area contributed by atoms with Crippen LogP contribution in [0.5, 0.6) is 5.75 Å². The molecule has 0 atom stereocenters. The summed E-state index contributed by atoms with van der Waals surface area (Å²) in [5.41, 5.74) is 2.46. The summed E-state index contributed by atoms with van der Waals surface area (Å²) in [5.74, 6) is 0.795. The van der Waals surface area contributed by atoms with E-state index in [0.29, 0.717) is 34.7 Å². The third-order valence-electron chi connectivity index (χ3n) is 3.68. The van der Waals surface area contributed by atoms with Crippen LogP contribution in [0, 0.1) is 0 Å². The van der Waals surface area contributed by atoms with Gasteiger partial charge in [-0.3, -0.25) is 4.79 Å². The molecular weight excluding hydrogens is 368 g/mol. The molecular formula is C16H14BrClN2O2. The fourth-order valence-corrected chi connectivity index (χ4v) is 2.97. The number of carbonyl (C=O) groups excluding carboxylic acids is 1. The monoisotopic (exact) mass is 380 g/mol. The van der Waals surface area contributed by atoms with Crippen LogP contribution in [0.2, 0.25) is 5.15 Å². The minimum atomic E-state index is -0.0121. The Kier molecular flexibility index (Phi) is 4.36. The third-order valence-corrected chi connectivity index (χ3v) is 4.80. The lowest BCUT2D eigenvalue weighted by Gasteiger charge is -2.28. The van der Waals surface area contributed by atoms with Crippen LogP contribution in [-0.4, -0.2) is 29.4 Å². The lowest BCUT2D eigenvalue weighted by Crippen LogP contribution is -2.37. The van der Waals surface area contributed by atoms with Gasteiger partial charge >= 0.3 is 0 Å². The van der Waals surface area contributed by atoms with Crippen molar-refractivity contribution in [1.29, 1.82) is 0 Å². The molecule has 3 rings (SSSR count). The SMILES string of the molecule is COc1ccc(CN2CCc3nc(Cl)c(Br)cc3C2=O)cc1. The first-order valence-electron chi connectivity index (χ1n) is 6.85. The molecule has 22 heavy (non-hydrogen) atoms. The Balaban J connectivity index is 1.81. The van der Waals surface area contributed by atoms with Crippen molar-refractivity contribution in [3.8, 4) is 5.75 Å². The first-order chi connectivity index (χ1) is 10.6. The number of halogens is 2. The quantitative estimate of drug-likeness (QED) is 0.761. The van der Waals surface area contributed by atoms with Crippen LogP contribution in [0.15, 0.2) is 34.8 Å². The highest BCUT2D eigenvalue weighted by Crippen LogP contribution is 2.27. The predicted molar refractivity (Wildman–Crippen MR) is 88.4 cm³/mol. The molecule has 0 saturated carbocycles. The highest BCUT2D eigenvalue weighted by molar-refractivity contribution is 9.10. The van der Waals surface area contributed by atoms with Crippen LogP contribution in [0.1, 0.15) is 21.6 Å².